The first-order valence-corrected chi connectivity index (χ1v) is 9.78. The van der Waals surface area contributed by atoms with Gasteiger partial charge in [-0.2, -0.15) is 0 Å². The second kappa shape index (κ2) is 7.72. The molecule has 1 aromatic heterocycles. The van der Waals surface area contributed by atoms with Crippen molar-refractivity contribution >= 4 is 29.2 Å². The zero-order chi connectivity index (χ0) is 20.7. The first-order chi connectivity index (χ1) is 13.8. The summed E-state index contributed by atoms with van der Waals surface area (Å²) in [5.74, 6) is -1.64. The second-order valence-corrected chi connectivity index (χ2v) is 8.00. The molecule has 152 valence electrons. The third kappa shape index (κ3) is 3.72. The lowest BCUT2D eigenvalue weighted by Crippen LogP contribution is -2.65. The van der Waals surface area contributed by atoms with Crippen LogP contribution in [0.4, 0.5) is 10.2 Å². The minimum absolute atomic E-state index is 0.127. The van der Waals surface area contributed by atoms with Gasteiger partial charge in [0.05, 0.1) is 18.2 Å². The molecule has 4 rings (SSSR count). The molecule has 0 spiro atoms. The number of anilines is 1. The van der Waals surface area contributed by atoms with E-state index >= 15 is 0 Å². The summed E-state index contributed by atoms with van der Waals surface area (Å²) in [6.07, 6.45) is 1.26. The minimum atomic E-state index is -0.732. The number of ether oxygens (including phenoxy) is 1. The van der Waals surface area contributed by atoms with Crippen molar-refractivity contribution in [3.05, 3.63) is 58.0 Å². The van der Waals surface area contributed by atoms with Gasteiger partial charge in [0, 0.05) is 18.7 Å². The predicted molar refractivity (Wildman–Crippen MR) is 106 cm³/mol. The van der Waals surface area contributed by atoms with Crippen molar-refractivity contribution < 1.29 is 18.7 Å². The molecule has 0 saturated carbocycles. The number of amides is 2. The molecule has 0 N–H and O–H groups in total. The van der Waals surface area contributed by atoms with Crippen LogP contribution in [0.5, 0.6) is 0 Å². The van der Waals surface area contributed by atoms with Crippen LogP contribution in [0.1, 0.15) is 16.7 Å². The number of benzene rings is 1. The van der Waals surface area contributed by atoms with Gasteiger partial charge in [-0.25, -0.2) is 9.37 Å². The van der Waals surface area contributed by atoms with Gasteiger partial charge in [-0.05, 0) is 36.6 Å². The fourth-order valence-corrected chi connectivity index (χ4v) is 3.86. The highest BCUT2D eigenvalue weighted by molar-refractivity contribution is 6.30. The summed E-state index contributed by atoms with van der Waals surface area (Å²) < 4.78 is 19.7. The minimum Gasteiger partial charge on any atom is -0.380 e. The van der Waals surface area contributed by atoms with Crippen LogP contribution >= 0.6 is 11.6 Å². The van der Waals surface area contributed by atoms with Crippen LogP contribution in [0.2, 0.25) is 5.02 Å². The number of carbonyl (C=O) groups excluding carboxylic acids is 2. The first kappa shape index (κ1) is 19.8. The van der Waals surface area contributed by atoms with E-state index in [0.29, 0.717) is 19.8 Å². The lowest BCUT2D eigenvalue weighted by atomic mass is 9.92. The van der Waals surface area contributed by atoms with Crippen molar-refractivity contribution in [2.75, 3.05) is 24.7 Å². The molecule has 6 nitrogen and oxygen atoms in total. The molecular formula is C21H21ClFN3O3. The Morgan fingerprint density at radius 2 is 1.97 bits per heavy atom. The molecule has 1 atom stereocenters. The molecule has 0 aliphatic carbocycles. The second-order valence-electron chi connectivity index (χ2n) is 7.57. The molecule has 2 aliphatic rings. The van der Waals surface area contributed by atoms with E-state index in [1.54, 1.807) is 4.90 Å². The van der Waals surface area contributed by atoms with Gasteiger partial charge in [0.1, 0.15) is 12.6 Å². The number of nitrogens with zero attached hydrogens (tertiary/aromatic N) is 3. The Bertz CT molecular complexity index is 980. The van der Waals surface area contributed by atoms with Gasteiger partial charge < -0.3 is 9.64 Å². The van der Waals surface area contributed by atoms with Gasteiger partial charge in [-0.1, -0.05) is 29.8 Å². The maximum atomic E-state index is 14.4. The van der Waals surface area contributed by atoms with Crippen molar-refractivity contribution in [3.8, 4) is 0 Å². The molecule has 0 radical (unpaired) electrons. The Labute approximate surface area is 173 Å². The Balaban J connectivity index is 1.66. The molecule has 1 aromatic carbocycles. The van der Waals surface area contributed by atoms with E-state index in [4.69, 9.17) is 16.3 Å². The van der Waals surface area contributed by atoms with Crippen molar-refractivity contribution in [1.82, 2.24) is 9.88 Å². The van der Waals surface area contributed by atoms with Crippen molar-refractivity contribution in [3.63, 3.8) is 0 Å². The van der Waals surface area contributed by atoms with E-state index < -0.39 is 11.9 Å². The summed E-state index contributed by atoms with van der Waals surface area (Å²) in [4.78, 5) is 33.0. The fourth-order valence-electron chi connectivity index (χ4n) is 3.71. The maximum absolute atomic E-state index is 14.4. The average Bonchev–Trinajstić information content (AvgIpc) is 2.62. The van der Waals surface area contributed by atoms with Crippen LogP contribution in [0, 0.1) is 25.6 Å². The number of carbonyl (C=O) groups is 2. The Morgan fingerprint density at radius 1 is 1.21 bits per heavy atom. The molecule has 3 heterocycles. The quantitative estimate of drug-likeness (QED) is 0.767. The number of hydrogen-bond donors (Lipinski definition) is 0. The van der Waals surface area contributed by atoms with Crippen LogP contribution in [0.3, 0.4) is 0 Å². The highest BCUT2D eigenvalue weighted by Crippen LogP contribution is 2.30. The molecule has 29 heavy (non-hydrogen) atoms. The lowest BCUT2D eigenvalue weighted by Gasteiger charge is -2.45. The van der Waals surface area contributed by atoms with Crippen LogP contribution < -0.4 is 4.90 Å². The van der Waals surface area contributed by atoms with Gasteiger partial charge in [0.15, 0.2) is 11.6 Å². The molecule has 2 saturated heterocycles. The average molecular weight is 418 g/mol. The number of aryl methyl sites for hydroxylation is 2. The highest BCUT2D eigenvalue weighted by atomic mass is 35.5. The Morgan fingerprint density at radius 3 is 2.59 bits per heavy atom. The van der Waals surface area contributed by atoms with Gasteiger partial charge in [0.25, 0.3) is 5.91 Å². The molecule has 8 heteroatoms. The van der Waals surface area contributed by atoms with E-state index in [1.807, 2.05) is 32.0 Å². The number of rotatable bonds is 4. The van der Waals surface area contributed by atoms with Gasteiger partial charge >= 0.3 is 0 Å². The van der Waals surface area contributed by atoms with E-state index in [2.05, 4.69) is 4.98 Å². The third-order valence-electron chi connectivity index (χ3n) is 5.55. The molecule has 2 aliphatic heterocycles. The SMILES string of the molecule is Cc1ccc(CN2C(=O)CN(c3ncc(Cl)cc3F)C(=O)[C@H]2C2COC2)cc1C. The molecule has 2 fully saturated rings. The Kier molecular flexibility index (Phi) is 5.27. The largest absolute Gasteiger partial charge is 0.380 e. The monoisotopic (exact) mass is 417 g/mol. The zero-order valence-electron chi connectivity index (χ0n) is 16.2. The Hall–Kier alpha value is -2.51. The summed E-state index contributed by atoms with van der Waals surface area (Å²) in [6.45, 7) is 4.86. The van der Waals surface area contributed by atoms with Crippen molar-refractivity contribution in [1.29, 1.82) is 0 Å². The summed E-state index contributed by atoms with van der Waals surface area (Å²) >= 11 is 5.77. The first-order valence-electron chi connectivity index (χ1n) is 9.41. The normalized spacial score (nSPS) is 20.2. The summed E-state index contributed by atoms with van der Waals surface area (Å²) in [6, 6.07) is 6.35. The highest BCUT2D eigenvalue weighted by Gasteiger charge is 2.47. The summed E-state index contributed by atoms with van der Waals surface area (Å²) in [5.41, 5.74) is 3.23. The topological polar surface area (TPSA) is 62.7 Å². The summed E-state index contributed by atoms with van der Waals surface area (Å²) in [7, 11) is 0. The van der Waals surface area contributed by atoms with E-state index in [1.165, 1.54) is 6.20 Å². The molecular weight excluding hydrogens is 397 g/mol. The van der Waals surface area contributed by atoms with Gasteiger partial charge in [-0.15, -0.1) is 0 Å². The smallest absolute Gasteiger partial charge is 0.251 e. The van der Waals surface area contributed by atoms with E-state index in [9.17, 15) is 14.0 Å². The predicted octanol–water partition coefficient (Wildman–Crippen LogP) is 2.88. The number of aromatic nitrogens is 1. The van der Waals surface area contributed by atoms with Crippen LogP contribution in [-0.4, -0.2) is 47.5 Å². The number of pyridine rings is 1. The molecule has 0 unspecified atom stereocenters. The van der Waals surface area contributed by atoms with Gasteiger partial charge in [0.2, 0.25) is 5.91 Å². The van der Waals surface area contributed by atoms with Crippen molar-refractivity contribution in [2.45, 2.75) is 26.4 Å². The van der Waals surface area contributed by atoms with E-state index in [-0.39, 0.29) is 35.1 Å². The van der Waals surface area contributed by atoms with Crippen LogP contribution in [0.25, 0.3) is 0 Å². The molecule has 2 aromatic rings. The maximum Gasteiger partial charge on any atom is 0.251 e. The van der Waals surface area contributed by atoms with Crippen molar-refractivity contribution in [2.24, 2.45) is 5.92 Å². The zero-order valence-corrected chi connectivity index (χ0v) is 16.9. The van der Waals surface area contributed by atoms with Crippen LogP contribution in [-0.2, 0) is 20.9 Å². The summed E-state index contributed by atoms with van der Waals surface area (Å²) in [5, 5.41) is 0.127. The standard InChI is InChI=1S/C21H21ClFN3O3/c1-12-3-4-14(5-13(12)2)8-25-18(27)9-26(20-17(23)6-16(22)7-24-20)21(28)19(25)15-10-29-11-15/h3-7,15,19H,8-11H2,1-2H3/t19-/m1/s1. The third-order valence-corrected chi connectivity index (χ3v) is 5.75. The number of piperazine rings is 1. The van der Waals surface area contributed by atoms with Gasteiger partial charge in [-0.3, -0.25) is 14.5 Å². The van der Waals surface area contributed by atoms with Crippen LogP contribution in [0.15, 0.2) is 30.5 Å². The fraction of sp³-hybridized carbons (Fsp3) is 0.381. The van der Waals surface area contributed by atoms with E-state index in [0.717, 1.165) is 27.7 Å². The number of hydrogen-bond acceptors (Lipinski definition) is 4. The molecule has 2 amide bonds. The molecule has 0 bridgehead atoms. The lowest BCUT2D eigenvalue weighted by molar-refractivity contribution is -0.155. The number of halogens is 2.